The number of hydrogen-bond acceptors (Lipinski definition) is 7. The zero-order valence-corrected chi connectivity index (χ0v) is 15.7. The number of rotatable bonds is 3. The number of H-pyrrole nitrogens is 1. The summed E-state index contributed by atoms with van der Waals surface area (Å²) in [5.41, 5.74) is 9.53. The monoisotopic (exact) mass is 371 g/mol. The third-order valence-electron chi connectivity index (χ3n) is 4.95. The van der Waals surface area contributed by atoms with Crippen molar-refractivity contribution in [3.63, 3.8) is 0 Å². The first kappa shape index (κ1) is 17.1. The molecule has 0 bridgehead atoms. The minimum absolute atomic E-state index is 0.136. The zero-order chi connectivity index (χ0) is 18.3. The van der Waals surface area contributed by atoms with Gasteiger partial charge in [0.25, 0.3) is 0 Å². The van der Waals surface area contributed by atoms with Crippen LogP contribution >= 0.6 is 11.3 Å². The molecule has 2 aromatic heterocycles. The van der Waals surface area contributed by atoms with Crippen molar-refractivity contribution < 1.29 is 9.47 Å². The Morgan fingerprint density at radius 1 is 1.42 bits per heavy atom. The predicted octanol–water partition coefficient (Wildman–Crippen LogP) is 2.14. The van der Waals surface area contributed by atoms with E-state index in [0.717, 1.165) is 49.0 Å². The Morgan fingerprint density at radius 2 is 2.19 bits per heavy atom. The minimum atomic E-state index is -0.232. The fourth-order valence-electron chi connectivity index (χ4n) is 3.53. The standard InChI is InChI=1S/C18H21N5O2S/c1-10-15-16(13(8-19)17(20)25-18(15)22-21-10)14-7-12(11(2)26-14)9-23-3-5-24-6-4-23/h7,16H,3-6,9,20H2,1-2H3,(H,21,22). The molecule has 2 aliphatic rings. The summed E-state index contributed by atoms with van der Waals surface area (Å²) in [7, 11) is 0. The Bertz CT molecular complexity index is 901. The number of ether oxygens (including phenoxy) is 2. The first-order valence-electron chi connectivity index (χ1n) is 8.60. The van der Waals surface area contributed by atoms with Crippen molar-refractivity contribution in [1.29, 1.82) is 5.26 Å². The quantitative estimate of drug-likeness (QED) is 0.857. The van der Waals surface area contributed by atoms with Gasteiger partial charge in [-0.15, -0.1) is 16.4 Å². The summed E-state index contributed by atoms with van der Waals surface area (Å²) in [6, 6.07) is 4.44. The van der Waals surface area contributed by atoms with E-state index in [1.165, 1.54) is 10.4 Å². The molecule has 26 heavy (non-hydrogen) atoms. The van der Waals surface area contributed by atoms with Gasteiger partial charge in [-0.2, -0.15) is 5.26 Å². The molecule has 4 heterocycles. The zero-order valence-electron chi connectivity index (χ0n) is 14.8. The van der Waals surface area contributed by atoms with Crippen molar-refractivity contribution in [3.8, 4) is 11.9 Å². The normalized spacial score (nSPS) is 20.6. The van der Waals surface area contributed by atoms with E-state index in [9.17, 15) is 5.26 Å². The van der Waals surface area contributed by atoms with Crippen molar-refractivity contribution in [2.24, 2.45) is 5.73 Å². The second-order valence-electron chi connectivity index (χ2n) is 6.61. The second kappa shape index (κ2) is 6.76. The fourth-order valence-corrected chi connectivity index (χ4v) is 4.69. The van der Waals surface area contributed by atoms with Gasteiger partial charge in [-0.3, -0.25) is 10.00 Å². The van der Waals surface area contributed by atoms with Crippen LogP contribution < -0.4 is 10.5 Å². The van der Waals surface area contributed by atoms with Crippen LogP contribution in [0.15, 0.2) is 17.5 Å². The summed E-state index contributed by atoms with van der Waals surface area (Å²) in [5.74, 6) is 0.367. The molecule has 0 amide bonds. The maximum atomic E-state index is 9.67. The van der Waals surface area contributed by atoms with Crippen molar-refractivity contribution in [2.75, 3.05) is 26.3 Å². The minimum Gasteiger partial charge on any atom is -0.420 e. The highest BCUT2D eigenvalue weighted by molar-refractivity contribution is 7.12. The number of hydrogen-bond donors (Lipinski definition) is 2. The third-order valence-corrected chi connectivity index (χ3v) is 6.11. The van der Waals surface area contributed by atoms with Crippen molar-refractivity contribution >= 4 is 11.3 Å². The number of aromatic nitrogens is 2. The maximum absolute atomic E-state index is 9.67. The molecule has 2 aliphatic heterocycles. The fraction of sp³-hybridized carbons (Fsp3) is 0.444. The molecule has 0 spiro atoms. The van der Waals surface area contributed by atoms with Crippen LogP contribution in [-0.2, 0) is 11.3 Å². The summed E-state index contributed by atoms with van der Waals surface area (Å²) in [4.78, 5) is 4.76. The van der Waals surface area contributed by atoms with Gasteiger partial charge in [-0.05, 0) is 25.5 Å². The molecule has 0 aliphatic carbocycles. The molecule has 0 saturated carbocycles. The molecular formula is C18H21N5O2S. The Kier molecular flexibility index (Phi) is 4.44. The third kappa shape index (κ3) is 2.88. The number of nitriles is 1. The molecule has 7 nitrogen and oxygen atoms in total. The lowest BCUT2D eigenvalue weighted by Gasteiger charge is -2.26. The number of nitrogens with one attached hydrogen (secondary N) is 1. The predicted molar refractivity (Wildman–Crippen MR) is 97.8 cm³/mol. The summed E-state index contributed by atoms with van der Waals surface area (Å²) in [6.07, 6.45) is 0. The van der Waals surface area contributed by atoms with Gasteiger partial charge < -0.3 is 15.2 Å². The van der Waals surface area contributed by atoms with Gasteiger partial charge in [0.1, 0.15) is 11.6 Å². The number of nitrogens with zero attached hydrogens (tertiary/aromatic N) is 3. The van der Waals surface area contributed by atoms with E-state index in [1.807, 2.05) is 6.92 Å². The van der Waals surface area contributed by atoms with Gasteiger partial charge in [-0.25, -0.2) is 0 Å². The lowest BCUT2D eigenvalue weighted by atomic mass is 9.88. The molecule has 1 saturated heterocycles. The molecule has 0 aromatic carbocycles. The van der Waals surface area contributed by atoms with E-state index in [2.05, 4.69) is 34.2 Å². The molecule has 8 heteroatoms. The molecule has 1 fully saturated rings. The van der Waals surface area contributed by atoms with Crippen LogP contribution in [0.1, 0.15) is 32.5 Å². The van der Waals surface area contributed by atoms with E-state index < -0.39 is 0 Å². The van der Waals surface area contributed by atoms with Gasteiger partial charge in [0, 0.05) is 35.1 Å². The highest BCUT2D eigenvalue weighted by atomic mass is 32.1. The summed E-state index contributed by atoms with van der Waals surface area (Å²) >= 11 is 1.71. The van der Waals surface area contributed by atoms with Gasteiger partial charge >= 0.3 is 0 Å². The molecular weight excluding hydrogens is 350 g/mol. The van der Waals surface area contributed by atoms with E-state index in [1.54, 1.807) is 11.3 Å². The average molecular weight is 371 g/mol. The number of thiophene rings is 1. The Hall–Kier alpha value is -2.34. The van der Waals surface area contributed by atoms with Crippen molar-refractivity contribution in [1.82, 2.24) is 15.1 Å². The highest BCUT2D eigenvalue weighted by Crippen LogP contribution is 2.45. The first-order chi connectivity index (χ1) is 12.6. The Morgan fingerprint density at radius 3 is 2.92 bits per heavy atom. The molecule has 1 atom stereocenters. The molecule has 3 N–H and O–H groups in total. The lowest BCUT2D eigenvalue weighted by Crippen LogP contribution is -2.35. The molecule has 1 unspecified atom stereocenters. The Labute approximate surface area is 156 Å². The number of aryl methyl sites for hydroxylation is 2. The summed E-state index contributed by atoms with van der Waals surface area (Å²) < 4.78 is 11.0. The number of aromatic amines is 1. The van der Waals surface area contributed by atoms with E-state index in [-0.39, 0.29) is 11.8 Å². The largest absolute Gasteiger partial charge is 0.420 e. The number of morpholine rings is 1. The van der Waals surface area contributed by atoms with Crippen LogP contribution in [0.2, 0.25) is 0 Å². The van der Waals surface area contributed by atoms with Crippen LogP contribution in [0.3, 0.4) is 0 Å². The maximum Gasteiger partial charge on any atom is 0.244 e. The summed E-state index contributed by atoms with van der Waals surface area (Å²) in [5, 5.41) is 16.8. The first-order valence-corrected chi connectivity index (χ1v) is 9.42. The summed E-state index contributed by atoms with van der Waals surface area (Å²) in [6.45, 7) is 8.43. The lowest BCUT2D eigenvalue weighted by molar-refractivity contribution is 0.0341. The molecule has 136 valence electrons. The number of nitrogens with two attached hydrogens (primary N) is 1. The average Bonchev–Trinajstić information content (AvgIpc) is 3.18. The number of fused-ring (bicyclic) bond motifs is 1. The molecule has 4 rings (SSSR count). The number of allylic oxidation sites excluding steroid dienone is 1. The Balaban J connectivity index is 1.71. The van der Waals surface area contributed by atoms with Gasteiger partial charge in [0.05, 0.1) is 24.7 Å². The van der Waals surface area contributed by atoms with Gasteiger partial charge in [-0.1, -0.05) is 0 Å². The van der Waals surface area contributed by atoms with Crippen molar-refractivity contribution in [2.45, 2.75) is 26.3 Å². The SMILES string of the molecule is Cc1[nH]nc2c1C(c1cc(CN3CCOCC3)c(C)s1)C(C#N)=C(N)O2. The van der Waals surface area contributed by atoms with Crippen LogP contribution in [-0.4, -0.2) is 41.4 Å². The van der Waals surface area contributed by atoms with Crippen LogP contribution in [0, 0.1) is 25.2 Å². The molecule has 0 radical (unpaired) electrons. The van der Waals surface area contributed by atoms with E-state index >= 15 is 0 Å². The molecule has 2 aromatic rings. The van der Waals surface area contributed by atoms with Crippen LogP contribution in [0.5, 0.6) is 5.88 Å². The van der Waals surface area contributed by atoms with Crippen LogP contribution in [0.4, 0.5) is 0 Å². The van der Waals surface area contributed by atoms with E-state index in [0.29, 0.717) is 11.5 Å². The second-order valence-corrected chi connectivity index (χ2v) is 7.90. The van der Waals surface area contributed by atoms with E-state index in [4.69, 9.17) is 15.2 Å². The topological polar surface area (TPSA) is 100 Å². The van der Waals surface area contributed by atoms with Gasteiger partial charge in [0.2, 0.25) is 11.8 Å². The van der Waals surface area contributed by atoms with Crippen LogP contribution in [0.25, 0.3) is 0 Å². The highest BCUT2D eigenvalue weighted by Gasteiger charge is 2.35. The van der Waals surface area contributed by atoms with Crippen molar-refractivity contribution in [3.05, 3.63) is 44.1 Å². The van der Waals surface area contributed by atoms with Gasteiger partial charge in [0.15, 0.2) is 0 Å². The smallest absolute Gasteiger partial charge is 0.244 e.